The molecule has 176 valence electrons. The predicted octanol–water partition coefficient (Wildman–Crippen LogP) is 2.63. The van der Waals surface area contributed by atoms with E-state index in [9.17, 15) is 8.42 Å². The maximum Gasteiger partial charge on any atom is 0.240 e. The summed E-state index contributed by atoms with van der Waals surface area (Å²) in [5.41, 5.74) is 2.72. The molecule has 1 saturated carbocycles. The fraction of sp³-hybridized carbons (Fsp3) is 0.550. The summed E-state index contributed by atoms with van der Waals surface area (Å²) in [5, 5.41) is 15.5. The van der Waals surface area contributed by atoms with E-state index < -0.39 is 21.4 Å². The van der Waals surface area contributed by atoms with Crippen molar-refractivity contribution in [3.05, 3.63) is 34.5 Å². The molecule has 3 aromatic heterocycles. The Morgan fingerprint density at radius 1 is 1.24 bits per heavy atom. The summed E-state index contributed by atoms with van der Waals surface area (Å²) < 4.78 is 36.6. The number of hydrogen-bond acceptors (Lipinski definition) is 8. The minimum absolute atomic E-state index is 0.165. The van der Waals surface area contributed by atoms with E-state index in [1.165, 1.54) is 26.4 Å². The summed E-state index contributed by atoms with van der Waals surface area (Å²) in [6.45, 7) is 3.60. The second kappa shape index (κ2) is 8.03. The molecule has 0 saturated heterocycles. The van der Waals surface area contributed by atoms with Gasteiger partial charge >= 0.3 is 0 Å². The number of aromatic nitrogens is 7. The van der Waals surface area contributed by atoms with E-state index in [0.29, 0.717) is 10.8 Å². The molecular weight excluding hydrogens is 468 g/mol. The minimum atomic E-state index is -3.94. The van der Waals surface area contributed by atoms with Crippen molar-refractivity contribution in [3.63, 3.8) is 0 Å². The van der Waals surface area contributed by atoms with Gasteiger partial charge in [-0.1, -0.05) is 11.6 Å². The molecule has 0 aromatic carbocycles. The van der Waals surface area contributed by atoms with Crippen LogP contribution in [0.1, 0.15) is 56.3 Å². The zero-order valence-corrected chi connectivity index (χ0v) is 20.1. The summed E-state index contributed by atoms with van der Waals surface area (Å²) in [6, 6.07) is 0. The third kappa shape index (κ3) is 3.89. The molecule has 2 N–H and O–H groups in total. The van der Waals surface area contributed by atoms with Gasteiger partial charge < -0.3 is 4.74 Å². The number of H-pyrrole nitrogens is 1. The van der Waals surface area contributed by atoms with Gasteiger partial charge in [-0.2, -0.15) is 5.10 Å². The quantitative estimate of drug-likeness (QED) is 0.488. The van der Waals surface area contributed by atoms with Crippen LogP contribution in [0.3, 0.4) is 0 Å². The van der Waals surface area contributed by atoms with E-state index in [2.05, 4.69) is 42.0 Å². The molecular formula is C20H25ClN8O3S. The number of anilines is 1. The molecule has 3 heterocycles. The Kier molecular flexibility index (Phi) is 5.41. The average Bonchev–Trinajstić information content (AvgIpc) is 3.15. The molecule has 13 heteroatoms. The zero-order chi connectivity index (χ0) is 23.4. The average molecular weight is 493 g/mol. The Hall–Kier alpha value is -2.57. The number of halogens is 1. The third-order valence-corrected chi connectivity index (χ3v) is 8.38. The van der Waals surface area contributed by atoms with Gasteiger partial charge in [0.25, 0.3) is 0 Å². The van der Waals surface area contributed by atoms with E-state index in [0.717, 1.165) is 49.1 Å². The van der Waals surface area contributed by atoms with E-state index in [1.54, 1.807) is 0 Å². The number of ether oxygens (including phenoxy) is 1. The summed E-state index contributed by atoms with van der Waals surface area (Å²) in [4.78, 5) is 8.25. The Balaban J connectivity index is 1.48. The molecule has 2 atom stereocenters. The van der Waals surface area contributed by atoms with Crippen molar-refractivity contribution in [2.75, 3.05) is 11.8 Å². The van der Waals surface area contributed by atoms with E-state index in [1.807, 2.05) is 4.57 Å². The second-order valence-corrected chi connectivity index (χ2v) is 11.3. The molecule has 2 aliphatic rings. The highest BCUT2D eigenvalue weighted by molar-refractivity contribution is 7.93. The van der Waals surface area contributed by atoms with Gasteiger partial charge in [0.1, 0.15) is 17.0 Å². The lowest BCUT2D eigenvalue weighted by Gasteiger charge is -2.23. The lowest BCUT2D eigenvalue weighted by Crippen LogP contribution is -2.34. The van der Waals surface area contributed by atoms with Crippen molar-refractivity contribution in [2.45, 2.75) is 62.8 Å². The Labute approximate surface area is 196 Å². The van der Waals surface area contributed by atoms with Crippen molar-refractivity contribution in [1.82, 2.24) is 34.9 Å². The zero-order valence-electron chi connectivity index (χ0n) is 18.5. The molecule has 0 radical (unpaired) electrons. The summed E-state index contributed by atoms with van der Waals surface area (Å²) in [6.07, 6.45) is 6.63. The van der Waals surface area contributed by atoms with E-state index in [4.69, 9.17) is 16.3 Å². The largest absolute Gasteiger partial charge is 0.372 e. The first-order chi connectivity index (χ1) is 15.7. The third-order valence-electron chi connectivity index (χ3n) is 6.49. The standard InChI is InChI=1S/C20H25ClN8O3S/c1-11(16(32-3)17-22-9-12(21)10-23-17)33(30,31)28-19-27-26-18(29(19)20(2)7-8-20)15-13-5-4-6-14(13)24-25-15/h9-11,16H,4-8H2,1-3H3,(H,24,25)(H,27,28). The molecule has 1 fully saturated rings. The summed E-state index contributed by atoms with van der Waals surface area (Å²) >= 11 is 5.86. The SMILES string of the molecule is COC(c1ncc(Cl)cn1)C(C)S(=O)(=O)Nc1nnc(-c2n[nH]c3c2CCC3)n1C1(C)CC1. The Morgan fingerprint density at radius 2 is 1.97 bits per heavy atom. The fourth-order valence-electron chi connectivity index (χ4n) is 4.28. The molecule has 3 aromatic rings. The van der Waals surface area contributed by atoms with Crippen molar-refractivity contribution < 1.29 is 13.2 Å². The van der Waals surface area contributed by atoms with Crippen LogP contribution >= 0.6 is 11.6 Å². The lowest BCUT2D eigenvalue weighted by atomic mass is 10.2. The van der Waals surface area contributed by atoms with Crippen molar-refractivity contribution in [3.8, 4) is 11.5 Å². The van der Waals surface area contributed by atoms with Gasteiger partial charge in [0.15, 0.2) is 11.6 Å². The van der Waals surface area contributed by atoms with Crippen LogP contribution in [0.2, 0.25) is 5.02 Å². The van der Waals surface area contributed by atoms with Gasteiger partial charge in [-0.3, -0.25) is 14.4 Å². The minimum Gasteiger partial charge on any atom is -0.372 e. The van der Waals surface area contributed by atoms with Gasteiger partial charge in [0.2, 0.25) is 16.0 Å². The number of rotatable bonds is 8. The first-order valence-electron chi connectivity index (χ1n) is 10.8. The van der Waals surface area contributed by atoms with Gasteiger partial charge in [0, 0.05) is 36.3 Å². The number of aromatic amines is 1. The first kappa shape index (κ1) is 22.2. The number of aryl methyl sites for hydroxylation is 1. The molecule has 0 spiro atoms. The van der Waals surface area contributed by atoms with Crippen molar-refractivity contribution >= 4 is 27.6 Å². The molecule has 2 aliphatic carbocycles. The molecule has 5 rings (SSSR count). The van der Waals surface area contributed by atoms with Crippen molar-refractivity contribution in [1.29, 1.82) is 0 Å². The van der Waals surface area contributed by atoms with E-state index in [-0.39, 0.29) is 17.3 Å². The van der Waals surface area contributed by atoms with Gasteiger partial charge in [-0.25, -0.2) is 18.4 Å². The number of nitrogens with zero attached hydrogens (tertiary/aromatic N) is 6. The van der Waals surface area contributed by atoms with Gasteiger partial charge in [-0.15, -0.1) is 10.2 Å². The highest BCUT2D eigenvalue weighted by atomic mass is 35.5. The van der Waals surface area contributed by atoms with Crippen LogP contribution in [-0.4, -0.2) is 55.7 Å². The number of nitrogens with one attached hydrogen (secondary N) is 2. The number of hydrogen-bond donors (Lipinski definition) is 2. The van der Waals surface area contributed by atoms with Crippen LogP contribution in [0, 0.1) is 0 Å². The number of fused-ring (bicyclic) bond motifs is 1. The normalized spacial score (nSPS) is 18.7. The molecule has 11 nitrogen and oxygen atoms in total. The van der Waals surface area contributed by atoms with Crippen LogP contribution in [0.15, 0.2) is 12.4 Å². The molecule has 0 amide bonds. The Bertz CT molecular complexity index is 1280. The van der Waals surface area contributed by atoms with Crippen LogP contribution in [-0.2, 0) is 33.1 Å². The van der Waals surface area contributed by atoms with Gasteiger partial charge in [-0.05, 0) is 46.0 Å². The number of sulfonamides is 1. The molecule has 33 heavy (non-hydrogen) atoms. The van der Waals surface area contributed by atoms with Crippen LogP contribution in [0.5, 0.6) is 0 Å². The first-order valence-corrected chi connectivity index (χ1v) is 12.7. The maximum absolute atomic E-state index is 13.3. The smallest absolute Gasteiger partial charge is 0.240 e. The van der Waals surface area contributed by atoms with Crippen LogP contribution in [0.25, 0.3) is 11.5 Å². The summed E-state index contributed by atoms with van der Waals surface area (Å²) in [5.74, 6) is 0.964. The fourth-order valence-corrected chi connectivity index (χ4v) is 5.51. The second-order valence-electron chi connectivity index (χ2n) is 8.83. The van der Waals surface area contributed by atoms with Gasteiger partial charge in [0.05, 0.1) is 5.02 Å². The molecule has 0 aliphatic heterocycles. The summed E-state index contributed by atoms with van der Waals surface area (Å²) in [7, 11) is -2.53. The predicted molar refractivity (Wildman–Crippen MR) is 121 cm³/mol. The molecule has 2 unspecified atom stereocenters. The van der Waals surface area contributed by atoms with Crippen LogP contribution < -0.4 is 4.72 Å². The Morgan fingerprint density at radius 3 is 2.64 bits per heavy atom. The lowest BCUT2D eigenvalue weighted by molar-refractivity contribution is 0.0950. The molecule has 0 bridgehead atoms. The number of methoxy groups -OCH3 is 1. The van der Waals surface area contributed by atoms with Crippen LogP contribution in [0.4, 0.5) is 5.95 Å². The highest BCUT2D eigenvalue weighted by Gasteiger charge is 2.45. The van der Waals surface area contributed by atoms with E-state index >= 15 is 0 Å². The monoisotopic (exact) mass is 492 g/mol. The van der Waals surface area contributed by atoms with Crippen molar-refractivity contribution in [2.24, 2.45) is 0 Å². The topological polar surface area (TPSA) is 141 Å². The highest BCUT2D eigenvalue weighted by Crippen LogP contribution is 2.47. The maximum atomic E-state index is 13.3.